The Labute approximate surface area is 144 Å². The highest BCUT2D eigenvalue weighted by atomic mass is 35.5. The minimum atomic E-state index is -1.08. The third-order valence-electron chi connectivity index (χ3n) is 3.35. The van der Waals surface area contributed by atoms with E-state index in [-0.39, 0.29) is 23.1 Å². The lowest BCUT2D eigenvalue weighted by molar-refractivity contribution is -0.119. The number of carboxylic acid groups (broad SMARTS) is 1. The van der Waals surface area contributed by atoms with Gasteiger partial charge in [0.25, 0.3) is 0 Å². The number of anilines is 1. The summed E-state index contributed by atoms with van der Waals surface area (Å²) >= 11 is 11.9. The van der Waals surface area contributed by atoms with Gasteiger partial charge in [0.15, 0.2) is 0 Å². The van der Waals surface area contributed by atoms with Crippen LogP contribution in [0.4, 0.5) is 5.69 Å². The molecule has 0 saturated carbocycles. The predicted molar refractivity (Wildman–Crippen MR) is 91.4 cm³/mol. The SMILES string of the molecule is CC(Cc1cccc(Cl)c1)C(=O)Nc1cc(C(=O)O)ccc1Cl. The zero-order valence-electron chi connectivity index (χ0n) is 12.3. The van der Waals surface area contributed by atoms with Gasteiger partial charge in [-0.25, -0.2) is 4.79 Å². The van der Waals surface area contributed by atoms with Crippen LogP contribution >= 0.6 is 23.2 Å². The molecule has 0 fully saturated rings. The van der Waals surface area contributed by atoms with E-state index in [0.29, 0.717) is 16.5 Å². The van der Waals surface area contributed by atoms with Gasteiger partial charge in [0, 0.05) is 10.9 Å². The summed E-state index contributed by atoms with van der Waals surface area (Å²) in [6.07, 6.45) is 0.517. The van der Waals surface area contributed by atoms with Gasteiger partial charge in [-0.2, -0.15) is 0 Å². The molecule has 2 N–H and O–H groups in total. The molecule has 0 aliphatic heterocycles. The van der Waals surface area contributed by atoms with E-state index in [9.17, 15) is 9.59 Å². The van der Waals surface area contributed by atoms with Crippen molar-refractivity contribution >= 4 is 40.8 Å². The molecule has 0 saturated heterocycles. The van der Waals surface area contributed by atoms with Crippen LogP contribution in [0.2, 0.25) is 10.0 Å². The van der Waals surface area contributed by atoms with Crippen molar-refractivity contribution in [2.24, 2.45) is 5.92 Å². The number of carbonyl (C=O) groups is 2. The Morgan fingerprint density at radius 2 is 1.91 bits per heavy atom. The van der Waals surface area contributed by atoms with Gasteiger partial charge in [-0.15, -0.1) is 0 Å². The minimum absolute atomic E-state index is 0.0622. The lowest BCUT2D eigenvalue weighted by Gasteiger charge is -2.14. The highest BCUT2D eigenvalue weighted by molar-refractivity contribution is 6.34. The molecule has 0 aliphatic carbocycles. The third-order valence-corrected chi connectivity index (χ3v) is 3.91. The van der Waals surface area contributed by atoms with Crippen LogP contribution in [-0.4, -0.2) is 17.0 Å². The Morgan fingerprint density at radius 3 is 2.57 bits per heavy atom. The molecule has 0 aromatic heterocycles. The van der Waals surface area contributed by atoms with E-state index < -0.39 is 5.97 Å². The molecule has 6 heteroatoms. The smallest absolute Gasteiger partial charge is 0.335 e. The minimum Gasteiger partial charge on any atom is -0.478 e. The second-order valence-corrected chi connectivity index (χ2v) is 6.07. The average Bonchev–Trinajstić information content (AvgIpc) is 2.49. The molecule has 120 valence electrons. The molecule has 0 heterocycles. The Kier molecular flexibility index (Phi) is 5.64. The number of carbonyl (C=O) groups excluding carboxylic acids is 1. The molecule has 2 aromatic rings. The maximum atomic E-state index is 12.3. The predicted octanol–water partition coefficient (Wildman–Crippen LogP) is 4.51. The Hall–Kier alpha value is -2.04. The van der Waals surface area contributed by atoms with E-state index in [4.69, 9.17) is 28.3 Å². The molecular weight excluding hydrogens is 337 g/mol. The van der Waals surface area contributed by atoms with Crippen molar-refractivity contribution in [3.05, 3.63) is 63.6 Å². The fourth-order valence-corrected chi connectivity index (χ4v) is 2.50. The fourth-order valence-electron chi connectivity index (χ4n) is 2.12. The third kappa shape index (κ3) is 4.71. The molecule has 23 heavy (non-hydrogen) atoms. The standard InChI is InChI=1S/C17H15Cl2NO3/c1-10(7-11-3-2-4-13(18)8-11)16(21)20-15-9-12(17(22)23)5-6-14(15)19/h2-6,8-10H,7H2,1H3,(H,20,21)(H,22,23). The zero-order valence-corrected chi connectivity index (χ0v) is 13.9. The monoisotopic (exact) mass is 351 g/mol. The highest BCUT2D eigenvalue weighted by Crippen LogP contribution is 2.24. The number of hydrogen-bond donors (Lipinski definition) is 2. The van der Waals surface area contributed by atoms with E-state index >= 15 is 0 Å². The van der Waals surface area contributed by atoms with Gasteiger partial charge >= 0.3 is 5.97 Å². The Bertz CT molecular complexity index is 746. The summed E-state index contributed by atoms with van der Waals surface area (Å²) in [5.74, 6) is -1.64. The van der Waals surface area contributed by atoms with Crippen LogP contribution in [0.25, 0.3) is 0 Å². The summed E-state index contributed by atoms with van der Waals surface area (Å²) in [6, 6.07) is 11.5. The summed E-state index contributed by atoms with van der Waals surface area (Å²) in [6.45, 7) is 1.78. The quantitative estimate of drug-likeness (QED) is 0.832. The van der Waals surface area contributed by atoms with Crippen LogP contribution < -0.4 is 5.32 Å². The van der Waals surface area contributed by atoms with E-state index in [1.165, 1.54) is 18.2 Å². The maximum absolute atomic E-state index is 12.3. The van der Waals surface area contributed by atoms with Crippen molar-refractivity contribution in [3.63, 3.8) is 0 Å². The van der Waals surface area contributed by atoms with Crippen LogP contribution in [0, 0.1) is 5.92 Å². The molecule has 1 atom stereocenters. The van der Waals surface area contributed by atoms with Crippen molar-refractivity contribution in [2.75, 3.05) is 5.32 Å². The highest BCUT2D eigenvalue weighted by Gasteiger charge is 2.16. The first kappa shape index (κ1) is 17.3. The summed E-state index contributed by atoms with van der Waals surface area (Å²) in [5.41, 5.74) is 1.30. The van der Waals surface area contributed by atoms with Gasteiger partial charge in [-0.1, -0.05) is 42.3 Å². The molecule has 2 rings (SSSR count). The van der Waals surface area contributed by atoms with Crippen LogP contribution in [-0.2, 0) is 11.2 Å². The lowest BCUT2D eigenvalue weighted by atomic mass is 10.0. The van der Waals surface area contributed by atoms with E-state index in [2.05, 4.69) is 5.32 Å². The van der Waals surface area contributed by atoms with Crippen molar-refractivity contribution < 1.29 is 14.7 Å². The summed E-state index contributed by atoms with van der Waals surface area (Å²) < 4.78 is 0. The normalized spacial score (nSPS) is 11.8. The first-order chi connectivity index (χ1) is 10.9. The molecule has 0 spiro atoms. The number of halogens is 2. The largest absolute Gasteiger partial charge is 0.478 e. The van der Waals surface area contributed by atoms with Crippen molar-refractivity contribution in [1.82, 2.24) is 0 Å². The number of amides is 1. The van der Waals surface area contributed by atoms with Crippen molar-refractivity contribution in [1.29, 1.82) is 0 Å². The number of nitrogens with one attached hydrogen (secondary N) is 1. The van der Waals surface area contributed by atoms with E-state index in [0.717, 1.165) is 5.56 Å². The molecular formula is C17H15Cl2NO3. The number of rotatable bonds is 5. The number of carboxylic acids is 1. The van der Waals surface area contributed by atoms with Gasteiger partial charge < -0.3 is 10.4 Å². The van der Waals surface area contributed by atoms with Gasteiger partial charge in [0.1, 0.15) is 0 Å². The maximum Gasteiger partial charge on any atom is 0.335 e. The summed E-state index contributed by atoms with van der Waals surface area (Å²) in [7, 11) is 0. The molecule has 1 unspecified atom stereocenters. The zero-order chi connectivity index (χ0) is 17.0. The summed E-state index contributed by atoms with van der Waals surface area (Å²) in [4.78, 5) is 23.3. The topological polar surface area (TPSA) is 66.4 Å². The second kappa shape index (κ2) is 7.49. The van der Waals surface area contributed by atoms with Gasteiger partial charge in [0.2, 0.25) is 5.91 Å². The number of aromatic carboxylic acids is 1. The van der Waals surface area contributed by atoms with Gasteiger partial charge in [-0.05, 0) is 42.3 Å². The molecule has 4 nitrogen and oxygen atoms in total. The molecule has 0 bridgehead atoms. The molecule has 1 amide bonds. The first-order valence-corrected chi connectivity index (χ1v) is 7.70. The van der Waals surface area contributed by atoms with Crippen molar-refractivity contribution in [3.8, 4) is 0 Å². The lowest BCUT2D eigenvalue weighted by Crippen LogP contribution is -2.22. The second-order valence-electron chi connectivity index (χ2n) is 5.22. The number of benzene rings is 2. The Balaban J connectivity index is 2.09. The van der Waals surface area contributed by atoms with E-state index in [1.54, 1.807) is 13.0 Å². The van der Waals surface area contributed by atoms with Crippen molar-refractivity contribution in [2.45, 2.75) is 13.3 Å². The number of hydrogen-bond acceptors (Lipinski definition) is 2. The van der Waals surface area contributed by atoms with Gasteiger partial charge in [-0.3, -0.25) is 4.79 Å². The Morgan fingerprint density at radius 1 is 1.17 bits per heavy atom. The van der Waals surface area contributed by atoms with Crippen LogP contribution in [0.15, 0.2) is 42.5 Å². The van der Waals surface area contributed by atoms with Crippen LogP contribution in [0.3, 0.4) is 0 Å². The molecule has 2 aromatic carbocycles. The van der Waals surface area contributed by atoms with Gasteiger partial charge in [0.05, 0.1) is 16.3 Å². The van der Waals surface area contributed by atoms with Crippen LogP contribution in [0.5, 0.6) is 0 Å². The first-order valence-electron chi connectivity index (χ1n) is 6.95. The van der Waals surface area contributed by atoms with E-state index in [1.807, 2.05) is 18.2 Å². The molecule has 0 aliphatic rings. The summed E-state index contributed by atoms with van der Waals surface area (Å²) in [5, 5.41) is 12.6. The fraction of sp³-hybridized carbons (Fsp3) is 0.176. The average molecular weight is 352 g/mol. The molecule has 0 radical (unpaired) electrons. The van der Waals surface area contributed by atoms with Crippen LogP contribution in [0.1, 0.15) is 22.8 Å².